The van der Waals surface area contributed by atoms with Crippen LogP contribution in [0.2, 0.25) is 0 Å². The highest BCUT2D eigenvalue weighted by Crippen LogP contribution is 2.36. The summed E-state index contributed by atoms with van der Waals surface area (Å²) in [5.41, 5.74) is 1.84. The van der Waals surface area contributed by atoms with Crippen molar-refractivity contribution in [2.45, 2.75) is 20.8 Å². The van der Waals surface area contributed by atoms with Crippen LogP contribution in [0.3, 0.4) is 0 Å². The van der Waals surface area contributed by atoms with Gasteiger partial charge in [0, 0.05) is 11.4 Å². The Morgan fingerprint density at radius 3 is 2.61 bits per heavy atom. The number of hydrogen-bond donors (Lipinski definition) is 1. The van der Waals surface area contributed by atoms with Crippen LogP contribution < -0.4 is 14.5 Å². The van der Waals surface area contributed by atoms with Crippen molar-refractivity contribution in [3.8, 4) is 11.5 Å². The quantitative estimate of drug-likeness (QED) is 0.371. The van der Waals surface area contributed by atoms with Crippen molar-refractivity contribution >= 4 is 51.3 Å². The topological polar surface area (TPSA) is 106 Å². The van der Waals surface area contributed by atoms with E-state index in [1.54, 1.807) is 44.2 Å². The van der Waals surface area contributed by atoms with Crippen molar-refractivity contribution in [3.63, 3.8) is 0 Å². The molecule has 3 rings (SSSR count). The summed E-state index contributed by atoms with van der Waals surface area (Å²) in [5.74, 6) is -1.34. The Morgan fingerprint density at radius 1 is 1.23 bits per heavy atom. The maximum Gasteiger partial charge on any atom is 0.335 e. The number of carboxylic acids is 1. The van der Waals surface area contributed by atoms with Crippen LogP contribution in [0.1, 0.15) is 36.7 Å². The number of hydrogen-bond acceptors (Lipinski definition) is 6. The lowest BCUT2D eigenvalue weighted by molar-refractivity contribution is -0.132. The summed E-state index contributed by atoms with van der Waals surface area (Å²) in [6, 6.07) is 9.25. The molecule has 2 aromatic carbocycles. The van der Waals surface area contributed by atoms with Gasteiger partial charge in [0.05, 0.1) is 29.1 Å². The minimum Gasteiger partial charge on any atom is -0.490 e. The van der Waals surface area contributed by atoms with Crippen LogP contribution in [-0.2, 0) is 9.59 Å². The van der Waals surface area contributed by atoms with Crippen molar-refractivity contribution < 1.29 is 29.0 Å². The smallest absolute Gasteiger partial charge is 0.335 e. The molecular weight excluding hydrogens is 468 g/mol. The summed E-state index contributed by atoms with van der Waals surface area (Å²) in [7, 11) is 0. The Bertz CT molecular complexity index is 1140. The molecule has 0 fully saturated rings. The molecule has 0 saturated carbocycles. The van der Waals surface area contributed by atoms with Crippen LogP contribution in [-0.4, -0.2) is 35.3 Å². The van der Waals surface area contributed by atoms with E-state index in [1.807, 2.05) is 0 Å². The van der Waals surface area contributed by atoms with Gasteiger partial charge in [-0.3, -0.25) is 9.59 Å². The van der Waals surface area contributed by atoms with Gasteiger partial charge in [0.15, 0.2) is 11.5 Å². The van der Waals surface area contributed by atoms with E-state index in [0.717, 1.165) is 5.01 Å². The molecule has 1 amide bonds. The van der Waals surface area contributed by atoms with Gasteiger partial charge in [-0.1, -0.05) is 22.0 Å². The summed E-state index contributed by atoms with van der Waals surface area (Å²) >= 11 is 3.43. The molecule has 0 bridgehead atoms. The number of nitrogens with zero attached hydrogens (tertiary/aromatic N) is 2. The SMILES string of the molecule is CCOc1cc(/C=C2\C(=O)N(c3cccc(C(=O)O)c3)N=C2C)c(Br)cc1OC(C)=O. The summed E-state index contributed by atoms with van der Waals surface area (Å²) in [4.78, 5) is 35.6. The molecule has 8 nitrogen and oxygen atoms in total. The fourth-order valence-electron chi connectivity index (χ4n) is 2.95. The lowest BCUT2D eigenvalue weighted by Gasteiger charge is -2.13. The van der Waals surface area contributed by atoms with Gasteiger partial charge in [-0.25, -0.2) is 4.79 Å². The second-order valence-electron chi connectivity index (χ2n) is 6.56. The van der Waals surface area contributed by atoms with E-state index in [9.17, 15) is 19.5 Å². The number of halogens is 1. The lowest BCUT2D eigenvalue weighted by Crippen LogP contribution is -2.21. The number of carbonyl (C=O) groups is 3. The molecule has 1 N–H and O–H groups in total. The number of carbonyl (C=O) groups excluding carboxylic acids is 2. The Morgan fingerprint density at radius 2 is 1.97 bits per heavy atom. The van der Waals surface area contributed by atoms with Gasteiger partial charge < -0.3 is 14.6 Å². The third-order valence-electron chi connectivity index (χ3n) is 4.32. The molecule has 0 unspecified atom stereocenters. The molecule has 2 aromatic rings. The molecule has 1 heterocycles. The number of aromatic carboxylic acids is 1. The second-order valence-corrected chi connectivity index (χ2v) is 7.42. The first-order valence-electron chi connectivity index (χ1n) is 9.31. The van der Waals surface area contributed by atoms with Crippen molar-refractivity contribution in [3.05, 3.63) is 57.6 Å². The number of anilines is 1. The average Bonchev–Trinajstić information content (AvgIpc) is 2.99. The first-order valence-corrected chi connectivity index (χ1v) is 10.1. The molecule has 9 heteroatoms. The zero-order valence-corrected chi connectivity index (χ0v) is 18.6. The molecule has 0 spiro atoms. The van der Waals surface area contributed by atoms with E-state index in [-0.39, 0.29) is 11.3 Å². The molecule has 31 heavy (non-hydrogen) atoms. The lowest BCUT2D eigenvalue weighted by atomic mass is 10.1. The highest BCUT2D eigenvalue weighted by molar-refractivity contribution is 9.10. The summed E-state index contributed by atoms with van der Waals surface area (Å²) < 4.78 is 11.3. The van der Waals surface area contributed by atoms with Gasteiger partial charge in [-0.2, -0.15) is 10.1 Å². The molecular formula is C22H19BrN2O6. The van der Waals surface area contributed by atoms with Gasteiger partial charge in [0.25, 0.3) is 5.91 Å². The van der Waals surface area contributed by atoms with Crippen LogP contribution in [0, 0.1) is 0 Å². The number of ether oxygens (including phenoxy) is 2. The molecule has 0 saturated heterocycles. The molecule has 0 radical (unpaired) electrons. The van der Waals surface area contributed by atoms with Gasteiger partial charge in [0.2, 0.25) is 0 Å². The van der Waals surface area contributed by atoms with Crippen LogP contribution in [0.4, 0.5) is 5.69 Å². The normalized spacial score (nSPS) is 14.6. The van der Waals surface area contributed by atoms with E-state index in [2.05, 4.69) is 21.0 Å². The first kappa shape index (κ1) is 22.2. The highest BCUT2D eigenvalue weighted by Gasteiger charge is 2.29. The summed E-state index contributed by atoms with van der Waals surface area (Å²) in [6.45, 7) is 5.15. The van der Waals surface area contributed by atoms with Crippen LogP contribution in [0.5, 0.6) is 11.5 Å². The van der Waals surface area contributed by atoms with Gasteiger partial charge in [0.1, 0.15) is 0 Å². The van der Waals surface area contributed by atoms with Gasteiger partial charge in [-0.15, -0.1) is 0 Å². The van der Waals surface area contributed by atoms with Crippen molar-refractivity contribution in [2.24, 2.45) is 5.10 Å². The molecule has 160 valence electrons. The minimum absolute atomic E-state index is 0.0562. The number of esters is 1. The maximum absolute atomic E-state index is 13.0. The van der Waals surface area contributed by atoms with Crippen molar-refractivity contribution in [1.29, 1.82) is 0 Å². The van der Waals surface area contributed by atoms with Crippen LogP contribution >= 0.6 is 15.9 Å². The Balaban J connectivity index is 1.99. The largest absolute Gasteiger partial charge is 0.490 e. The monoisotopic (exact) mass is 486 g/mol. The summed E-state index contributed by atoms with van der Waals surface area (Å²) in [6.07, 6.45) is 1.65. The van der Waals surface area contributed by atoms with E-state index >= 15 is 0 Å². The highest BCUT2D eigenvalue weighted by atomic mass is 79.9. The number of hydrazone groups is 1. The molecule has 1 aliphatic heterocycles. The fraction of sp³-hybridized carbons (Fsp3) is 0.182. The number of rotatable bonds is 6. The van der Waals surface area contributed by atoms with E-state index in [4.69, 9.17) is 9.47 Å². The third kappa shape index (κ3) is 4.83. The Labute approximate surface area is 186 Å². The zero-order chi connectivity index (χ0) is 22.7. The Hall–Kier alpha value is -3.46. The number of benzene rings is 2. The Kier molecular flexibility index (Phi) is 6.55. The van der Waals surface area contributed by atoms with Crippen molar-refractivity contribution in [2.75, 3.05) is 11.6 Å². The fourth-order valence-corrected chi connectivity index (χ4v) is 3.39. The van der Waals surface area contributed by atoms with Crippen LogP contribution in [0.15, 0.2) is 51.5 Å². The second kappa shape index (κ2) is 9.13. The standard InChI is InChI=1S/C22H19BrN2O6/c1-4-30-19-10-15(18(23)11-20(19)31-13(3)26)9-17-12(2)24-25(21(17)27)16-7-5-6-14(8-16)22(28)29/h5-11H,4H2,1-3H3,(H,28,29)/b17-9-. The van der Waals surface area contributed by atoms with E-state index < -0.39 is 17.8 Å². The molecule has 0 aromatic heterocycles. The van der Waals surface area contributed by atoms with Crippen molar-refractivity contribution in [1.82, 2.24) is 0 Å². The predicted octanol–water partition coefficient (Wildman–Crippen LogP) is 4.28. The number of amides is 1. The van der Waals surface area contributed by atoms with Gasteiger partial charge >= 0.3 is 11.9 Å². The van der Waals surface area contributed by atoms with Gasteiger partial charge in [-0.05, 0) is 55.8 Å². The maximum atomic E-state index is 13.0. The predicted molar refractivity (Wildman–Crippen MR) is 119 cm³/mol. The first-order chi connectivity index (χ1) is 14.7. The summed E-state index contributed by atoms with van der Waals surface area (Å²) in [5, 5.41) is 14.6. The zero-order valence-electron chi connectivity index (χ0n) is 17.0. The van der Waals surface area contributed by atoms with E-state index in [1.165, 1.54) is 19.1 Å². The molecule has 0 aliphatic carbocycles. The molecule has 0 atom stereocenters. The minimum atomic E-state index is -1.09. The number of carboxylic acid groups (broad SMARTS) is 1. The van der Waals surface area contributed by atoms with Crippen LogP contribution in [0.25, 0.3) is 6.08 Å². The molecule has 1 aliphatic rings. The van der Waals surface area contributed by atoms with E-state index in [0.29, 0.717) is 39.4 Å². The third-order valence-corrected chi connectivity index (χ3v) is 5.00. The average molecular weight is 487 g/mol.